The van der Waals surface area contributed by atoms with Crippen molar-refractivity contribution in [2.45, 2.75) is 24.6 Å². The molecule has 1 heterocycles. The first kappa shape index (κ1) is 16.5. The van der Waals surface area contributed by atoms with Crippen LogP contribution in [0.15, 0.2) is 47.5 Å². The molecule has 3 aromatic rings. The van der Waals surface area contributed by atoms with E-state index in [-0.39, 0.29) is 5.78 Å². The highest BCUT2D eigenvalue weighted by molar-refractivity contribution is 7.98. The highest BCUT2D eigenvalue weighted by atomic mass is 32.2. The Labute approximate surface area is 145 Å². The molecule has 0 unspecified atom stereocenters. The van der Waals surface area contributed by atoms with Gasteiger partial charge >= 0.3 is 0 Å². The van der Waals surface area contributed by atoms with Crippen molar-refractivity contribution in [3.8, 4) is 5.75 Å². The first-order valence-corrected chi connectivity index (χ1v) is 8.61. The molecule has 0 aliphatic carbocycles. The van der Waals surface area contributed by atoms with Crippen molar-refractivity contribution < 1.29 is 9.53 Å². The summed E-state index contributed by atoms with van der Waals surface area (Å²) in [4.78, 5) is 20.7. The standard InChI is InChI=1S/C19H18N2O2S/c1-12(22)14-8-9-18(23-3)15(10-14)11-24-19-16-6-4-5-7-17(16)20-13(2)21-19/h4-10H,11H2,1-3H3. The fourth-order valence-electron chi connectivity index (χ4n) is 2.52. The Bertz CT molecular complexity index is 909. The second-order valence-electron chi connectivity index (χ2n) is 5.46. The lowest BCUT2D eigenvalue weighted by Crippen LogP contribution is -1.98. The van der Waals surface area contributed by atoms with Gasteiger partial charge in [-0.1, -0.05) is 18.2 Å². The number of carbonyl (C=O) groups excluding carboxylic acids is 1. The quantitative estimate of drug-likeness (QED) is 0.391. The molecule has 0 radical (unpaired) electrons. The van der Waals surface area contributed by atoms with Gasteiger partial charge in [0.05, 0.1) is 12.6 Å². The van der Waals surface area contributed by atoms with Gasteiger partial charge < -0.3 is 4.74 Å². The molecule has 3 rings (SSSR count). The molecule has 0 N–H and O–H groups in total. The smallest absolute Gasteiger partial charge is 0.159 e. The Balaban J connectivity index is 1.94. The van der Waals surface area contributed by atoms with Crippen molar-refractivity contribution in [1.82, 2.24) is 9.97 Å². The van der Waals surface area contributed by atoms with Gasteiger partial charge in [0.25, 0.3) is 0 Å². The van der Waals surface area contributed by atoms with Gasteiger partial charge in [-0.15, -0.1) is 11.8 Å². The maximum Gasteiger partial charge on any atom is 0.159 e. The number of nitrogens with zero attached hydrogens (tertiary/aromatic N) is 2. The van der Waals surface area contributed by atoms with Crippen LogP contribution in [0.1, 0.15) is 28.7 Å². The van der Waals surface area contributed by atoms with Crippen LogP contribution >= 0.6 is 11.8 Å². The average molecular weight is 338 g/mol. The highest BCUT2D eigenvalue weighted by Crippen LogP contribution is 2.31. The number of thioether (sulfide) groups is 1. The third-order valence-electron chi connectivity index (χ3n) is 3.73. The number of ketones is 1. The number of hydrogen-bond donors (Lipinski definition) is 0. The van der Waals surface area contributed by atoms with Gasteiger partial charge in [0, 0.05) is 22.3 Å². The zero-order chi connectivity index (χ0) is 17.1. The summed E-state index contributed by atoms with van der Waals surface area (Å²) < 4.78 is 5.42. The van der Waals surface area contributed by atoms with Gasteiger partial charge in [0.2, 0.25) is 0 Å². The fraction of sp³-hybridized carbons (Fsp3) is 0.211. The number of aryl methyl sites for hydroxylation is 1. The number of fused-ring (bicyclic) bond motifs is 1. The second kappa shape index (κ2) is 7.01. The number of ether oxygens (including phenoxy) is 1. The minimum absolute atomic E-state index is 0.0484. The average Bonchev–Trinajstić information content (AvgIpc) is 2.59. The molecule has 0 atom stereocenters. The largest absolute Gasteiger partial charge is 0.496 e. The van der Waals surface area contributed by atoms with Crippen molar-refractivity contribution in [2.24, 2.45) is 0 Å². The molecule has 0 saturated heterocycles. The third-order valence-corrected chi connectivity index (χ3v) is 4.77. The molecule has 0 bridgehead atoms. The summed E-state index contributed by atoms with van der Waals surface area (Å²) in [6, 6.07) is 13.5. The van der Waals surface area contributed by atoms with Gasteiger partial charge in [-0.3, -0.25) is 4.79 Å². The van der Waals surface area contributed by atoms with Crippen LogP contribution in [-0.2, 0) is 5.75 Å². The zero-order valence-corrected chi connectivity index (χ0v) is 14.7. The van der Waals surface area contributed by atoms with Gasteiger partial charge in [-0.25, -0.2) is 9.97 Å². The van der Waals surface area contributed by atoms with E-state index >= 15 is 0 Å². The SMILES string of the molecule is COc1ccc(C(C)=O)cc1CSc1nc(C)nc2ccccc12. The van der Waals surface area contributed by atoms with Crippen LogP contribution in [0, 0.1) is 6.92 Å². The van der Waals surface area contributed by atoms with Crippen LogP contribution in [0.4, 0.5) is 0 Å². The minimum atomic E-state index is 0.0484. The maximum atomic E-state index is 11.6. The van der Waals surface area contributed by atoms with Gasteiger partial charge in [0.15, 0.2) is 5.78 Å². The van der Waals surface area contributed by atoms with E-state index in [1.54, 1.807) is 31.9 Å². The predicted molar refractivity (Wildman–Crippen MR) is 96.8 cm³/mol. The van der Waals surface area contributed by atoms with Crippen LogP contribution in [-0.4, -0.2) is 22.9 Å². The minimum Gasteiger partial charge on any atom is -0.496 e. The molecule has 4 nitrogen and oxygen atoms in total. The lowest BCUT2D eigenvalue weighted by molar-refractivity contribution is 0.101. The van der Waals surface area contributed by atoms with Crippen molar-refractivity contribution in [3.05, 3.63) is 59.4 Å². The normalized spacial score (nSPS) is 10.8. The zero-order valence-electron chi connectivity index (χ0n) is 13.9. The van der Waals surface area contributed by atoms with Crippen molar-refractivity contribution in [3.63, 3.8) is 0 Å². The number of methoxy groups -OCH3 is 1. The highest BCUT2D eigenvalue weighted by Gasteiger charge is 2.11. The Hall–Kier alpha value is -2.40. The van der Waals surface area contributed by atoms with Crippen molar-refractivity contribution in [1.29, 1.82) is 0 Å². The molecular formula is C19H18N2O2S. The molecule has 0 aliphatic rings. The number of para-hydroxylation sites is 1. The molecule has 1 aromatic heterocycles. The van der Waals surface area contributed by atoms with E-state index in [0.29, 0.717) is 11.3 Å². The topological polar surface area (TPSA) is 52.1 Å². The summed E-state index contributed by atoms with van der Waals surface area (Å²) in [6.45, 7) is 3.47. The number of aromatic nitrogens is 2. The van der Waals surface area contributed by atoms with Gasteiger partial charge in [-0.05, 0) is 38.1 Å². The molecule has 2 aromatic carbocycles. The van der Waals surface area contributed by atoms with Gasteiger partial charge in [0.1, 0.15) is 16.6 Å². The van der Waals surface area contributed by atoms with Crippen LogP contribution in [0.3, 0.4) is 0 Å². The summed E-state index contributed by atoms with van der Waals surface area (Å²) in [5, 5.41) is 1.98. The summed E-state index contributed by atoms with van der Waals surface area (Å²) in [5.74, 6) is 2.25. The number of carbonyl (C=O) groups is 1. The Kier molecular flexibility index (Phi) is 4.81. The van der Waals surface area contributed by atoms with E-state index in [1.807, 2.05) is 43.3 Å². The fourth-order valence-corrected chi connectivity index (χ4v) is 3.57. The molecule has 0 fully saturated rings. The Morgan fingerprint density at radius 1 is 1.17 bits per heavy atom. The molecule has 5 heteroatoms. The van der Waals surface area contributed by atoms with E-state index in [9.17, 15) is 4.79 Å². The molecule has 122 valence electrons. The van der Waals surface area contributed by atoms with Crippen molar-refractivity contribution in [2.75, 3.05) is 7.11 Å². The molecule has 0 spiro atoms. The van der Waals surface area contributed by atoms with Crippen LogP contribution in [0.2, 0.25) is 0 Å². The van der Waals surface area contributed by atoms with E-state index in [2.05, 4.69) is 9.97 Å². The number of benzene rings is 2. The van der Waals surface area contributed by atoms with E-state index in [4.69, 9.17) is 4.74 Å². The Morgan fingerprint density at radius 3 is 2.71 bits per heavy atom. The number of hydrogen-bond acceptors (Lipinski definition) is 5. The third kappa shape index (κ3) is 3.41. The summed E-state index contributed by atoms with van der Waals surface area (Å²) in [6.07, 6.45) is 0. The maximum absolute atomic E-state index is 11.6. The molecular weight excluding hydrogens is 320 g/mol. The Morgan fingerprint density at radius 2 is 1.96 bits per heavy atom. The predicted octanol–water partition coefficient (Wildman–Crippen LogP) is 4.44. The summed E-state index contributed by atoms with van der Waals surface area (Å²) >= 11 is 1.62. The van der Waals surface area contributed by atoms with Gasteiger partial charge in [-0.2, -0.15) is 0 Å². The summed E-state index contributed by atoms with van der Waals surface area (Å²) in [5.41, 5.74) is 2.61. The first-order chi connectivity index (χ1) is 11.6. The van der Waals surface area contributed by atoms with E-state index in [1.165, 1.54) is 0 Å². The monoisotopic (exact) mass is 338 g/mol. The van der Waals surface area contributed by atoms with E-state index < -0.39 is 0 Å². The van der Waals surface area contributed by atoms with Crippen LogP contribution < -0.4 is 4.74 Å². The summed E-state index contributed by atoms with van der Waals surface area (Å²) in [7, 11) is 1.64. The van der Waals surface area contributed by atoms with E-state index in [0.717, 1.165) is 33.1 Å². The second-order valence-corrected chi connectivity index (χ2v) is 6.43. The van der Waals surface area contributed by atoms with Crippen LogP contribution in [0.25, 0.3) is 10.9 Å². The van der Waals surface area contributed by atoms with Crippen molar-refractivity contribution >= 4 is 28.4 Å². The molecule has 0 amide bonds. The number of rotatable bonds is 5. The first-order valence-electron chi connectivity index (χ1n) is 7.62. The molecule has 24 heavy (non-hydrogen) atoms. The lowest BCUT2D eigenvalue weighted by Gasteiger charge is -2.11. The molecule has 0 aliphatic heterocycles. The molecule has 0 saturated carbocycles. The number of Topliss-reactive ketones (excluding diaryl/α,β-unsaturated/α-hetero) is 1. The van der Waals surface area contributed by atoms with Crippen LogP contribution in [0.5, 0.6) is 5.75 Å². The lowest BCUT2D eigenvalue weighted by atomic mass is 10.1.